The molecule has 1 radical (unpaired) electrons. The smallest absolute Gasteiger partial charge is 0.400 e. The fourth-order valence-electron chi connectivity index (χ4n) is 0. The van der Waals surface area contributed by atoms with Crippen molar-refractivity contribution in [3.8, 4) is 0 Å². The maximum atomic E-state index is 8.25. The third-order valence-electron chi connectivity index (χ3n) is 0. The first-order chi connectivity index (χ1) is 7.93. The molecular formula is CH7CaCuN5NaO13+. The molecule has 0 unspecified atom stereocenters. The van der Waals surface area contributed by atoms with Gasteiger partial charge in [0.1, 0.15) is 0 Å². The van der Waals surface area contributed by atoms with Crippen LogP contribution >= 0.6 is 0 Å². The van der Waals surface area contributed by atoms with Crippen LogP contribution in [0.15, 0.2) is 0 Å². The molecule has 127 valence electrons. The fourth-order valence-corrected chi connectivity index (χ4v) is 0. The van der Waals surface area contributed by atoms with E-state index in [0.29, 0.717) is 0 Å². The van der Waals surface area contributed by atoms with Crippen molar-refractivity contribution in [2.24, 2.45) is 0 Å². The van der Waals surface area contributed by atoms with Gasteiger partial charge in [0, 0.05) is 7.11 Å². The third kappa shape index (κ3) is 26600. The standard InChI is InChI=1S/CH4O.Ca.Cu.4NO3.H3N.Na/c1-2;;;4*2-1(3)4;;/h2H,1H3;;;;;;;1H3;/q;2*+2;4*-1;;+1. The summed E-state index contributed by atoms with van der Waals surface area (Å²) >= 11 is 0. The van der Waals surface area contributed by atoms with Crippen LogP contribution in [-0.2, 0) is 17.1 Å². The van der Waals surface area contributed by atoms with E-state index in [1.165, 1.54) is 0 Å². The molecule has 0 aromatic carbocycles. The van der Waals surface area contributed by atoms with Crippen molar-refractivity contribution in [2.45, 2.75) is 0 Å². The van der Waals surface area contributed by atoms with Gasteiger partial charge in [-0.25, -0.2) is 0 Å². The molecule has 0 bridgehead atoms. The molecule has 0 spiro atoms. The van der Waals surface area contributed by atoms with Crippen LogP contribution in [0.3, 0.4) is 0 Å². The summed E-state index contributed by atoms with van der Waals surface area (Å²) in [5.41, 5.74) is 0. The van der Waals surface area contributed by atoms with Gasteiger partial charge in [-0.2, -0.15) is 0 Å². The third-order valence-corrected chi connectivity index (χ3v) is 0. The first-order valence-electron chi connectivity index (χ1n) is 2.64. The number of aliphatic hydroxyl groups is 1. The summed E-state index contributed by atoms with van der Waals surface area (Å²) in [7, 11) is 1.00. The van der Waals surface area contributed by atoms with Crippen LogP contribution in [-0.4, -0.2) is 70.3 Å². The summed E-state index contributed by atoms with van der Waals surface area (Å²) in [5, 5.41) is 66.0. The number of hydrogen-bond donors (Lipinski definition) is 2. The van der Waals surface area contributed by atoms with Gasteiger partial charge >= 0.3 is 84.4 Å². The number of aliphatic hydroxyl groups excluding tert-OH is 1. The van der Waals surface area contributed by atoms with Crippen molar-refractivity contribution >= 4 is 37.7 Å². The van der Waals surface area contributed by atoms with Crippen LogP contribution in [0.5, 0.6) is 0 Å². The molecule has 0 aromatic heterocycles. The summed E-state index contributed by atoms with van der Waals surface area (Å²) < 4.78 is 0. The van der Waals surface area contributed by atoms with E-state index in [1.807, 2.05) is 0 Å². The quantitative estimate of drug-likeness (QED) is 0.210. The van der Waals surface area contributed by atoms with Gasteiger partial charge < -0.3 is 72.5 Å². The molecule has 0 aliphatic heterocycles. The summed E-state index contributed by atoms with van der Waals surface area (Å²) in [6, 6.07) is 0. The Morgan fingerprint density at radius 1 is 0.591 bits per heavy atom. The number of nitrogens with zero attached hydrogens (tertiary/aromatic N) is 4. The number of rotatable bonds is 0. The van der Waals surface area contributed by atoms with E-state index in [1.54, 1.807) is 0 Å². The molecule has 0 rings (SSSR count). The van der Waals surface area contributed by atoms with Crippen LogP contribution in [0.4, 0.5) is 0 Å². The Kier molecular flexibility index (Phi) is 155. The van der Waals surface area contributed by atoms with E-state index < -0.39 is 20.3 Å². The van der Waals surface area contributed by atoms with Gasteiger partial charge in [-0.1, -0.05) is 0 Å². The van der Waals surface area contributed by atoms with Crippen molar-refractivity contribution in [2.75, 3.05) is 7.11 Å². The molecule has 22 heavy (non-hydrogen) atoms. The Bertz CT molecular complexity index is 178. The van der Waals surface area contributed by atoms with Gasteiger partial charge in [0.25, 0.3) is 0 Å². The average molecular weight is 424 g/mol. The van der Waals surface area contributed by atoms with E-state index in [2.05, 4.69) is 0 Å². The maximum absolute atomic E-state index is 8.25. The van der Waals surface area contributed by atoms with Crippen molar-refractivity contribution < 1.29 is 72.1 Å². The molecule has 0 fully saturated rings. The van der Waals surface area contributed by atoms with E-state index in [0.717, 1.165) is 7.11 Å². The molecule has 0 aliphatic rings. The van der Waals surface area contributed by atoms with E-state index in [9.17, 15) is 0 Å². The van der Waals surface area contributed by atoms with E-state index >= 15 is 0 Å². The molecule has 0 heterocycles. The first-order valence-corrected chi connectivity index (χ1v) is 2.64. The van der Waals surface area contributed by atoms with Crippen molar-refractivity contribution in [1.82, 2.24) is 6.15 Å². The van der Waals surface area contributed by atoms with Gasteiger partial charge in [0.2, 0.25) is 0 Å². The Morgan fingerprint density at radius 3 is 0.591 bits per heavy atom. The van der Waals surface area contributed by atoms with Crippen LogP contribution in [0.1, 0.15) is 0 Å². The van der Waals surface area contributed by atoms with Crippen molar-refractivity contribution in [1.29, 1.82) is 0 Å². The van der Waals surface area contributed by atoms with Gasteiger partial charge in [0.15, 0.2) is 0 Å². The Balaban J connectivity index is -0.0000000133. The maximum Gasteiger partial charge on any atom is 2.00 e. The fraction of sp³-hybridized carbons (Fsp3) is 1.00. The molecule has 0 saturated heterocycles. The zero-order valence-electron chi connectivity index (χ0n) is 10.9. The zero-order valence-corrected chi connectivity index (χ0v) is 16.0. The van der Waals surface area contributed by atoms with Crippen LogP contribution in [0.25, 0.3) is 0 Å². The minimum absolute atomic E-state index is 0. The van der Waals surface area contributed by atoms with Crippen molar-refractivity contribution in [3.05, 3.63) is 61.3 Å². The first kappa shape index (κ1) is 57.8. The summed E-state index contributed by atoms with van der Waals surface area (Å²) in [5.74, 6) is 0. The van der Waals surface area contributed by atoms with Crippen LogP contribution in [0, 0.1) is 61.3 Å². The van der Waals surface area contributed by atoms with E-state index in [-0.39, 0.29) is 90.5 Å². The van der Waals surface area contributed by atoms with Gasteiger partial charge in [-0.05, 0) is 0 Å². The minimum Gasteiger partial charge on any atom is -0.400 e. The molecular weight excluding hydrogens is 417 g/mol. The minimum atomic E-state index is -1.75. The second-order valence-electron chi connectivity index (χ2n) is 0.894. The molecule has 0 saturated carbocycles. The largest absolute Gasteiger partial charge is 2.00 e. The second-order valence-corrected chi connectivity index (χ2v) is 0.894. The Labute approximate surface area is 182 Å². The van der Waals surface area contributed by atoms with E-state index in [4.69, 9.17) is 66.4 Å². The van der Waals surface area contributed by atoms with Crippen LogP contribution in [0.2, 0.25) is 0 Å². The summed E-state index contributed by atoms with van der Waals surface area (Å²) in [4.78, 5) is 33.0. The molecule has 0 amide bonds. The molecule has 18 nitrogen and oxygen atoms in total. The topological polar surface area (TPSA) is 320 Å². The van der Waals surface area contributed by atoms with Gasteiger partial charge in [0.05, 0.1) is 20.3 Å². The van der Waals surface area contributed by atoms with Gasteiger partial charge in [-0.3, -0.25) is 0 Å². The molecule has 0 aromatic rings. The molecule has 21 heteroatoms. The number of hydrogen-bond acceptors (Lipinski definition) is 14. The summed E-state index contributed by atoms with van der Waals surface area (Å²) in [6.07, 6.45) is 0. The zero-order chi connectivity index (χ0) is 16.3. The SMILES string of the molecule is CO.N.O=[N+]([O-])[O-].O=[N+]([O-])[O-].O=[N+]([O-])[O-].O=[N+]([O-])[O-].[Ca+2].[Cu+2].[Na+]. The van der Waals surface area contributed by atoms with Crippen LogP contribution < -0.4 is 35.7 Å². The second kappa shape index (κ2) is 58.9. The average Bonchev–Trinajstić information content (AvgIpc) is 2.01. The molecule has 0 atom stereocenters. The Morgan fingerprint density at radius 2 is 0.591 bits per heavy atom. The van der Waals surface area contributed by atoms with Crippen molar-refractivity contribution in [3.63, 3.8) is 0 Å². The summed E-state index contributed by atoms with van der Waals surface area (Å²) in [6.45, 7) is 0. The molecule has 4 N–H and O–H groups in total. The monoisotopic (exact) mass is 423 g/mol. The molecule has 0 aliphatic carbocycles. The predicted octanol–water partition coefficient (Wildman–Crippen LogP) is -4.57. The predicted molar refractivity (Wildman–Crippen MR) is 60.4 cm³/mol. The normalized spacial score (nSPS) is 4.64. The Hall–Kier alpha value is -0.501. The van der Waals surface area contributed by atoms with Gasteiger partial charge in [-0.15, -0.1) is 0 Å².